The maximum atomic E-state index is 14.8. The predicted molar refractivity (Wildman–Crippen MR) is 145 cm³/mol. The lowest BCUT2D eigenvalue weighted by Crippen LogP contribution is -2.38. The molecule has 2 aromatic rings. The first kappa shape index (κ1) is 27.8. The van der Waals surface area contributed by atoms with Gasteiger partial charge in [0.25, 0.3) is 0 Å². The third-order valence-corrected chi connectivity index (χ3v) is 5.80. The van der Waals surface area contributed by atoms with Gasteiger partial charge < -0.3 is 21.4 Å². The molecule has 9 heteroatoms. The zero-order valence-corrected chi connectivity index (χ0v) is 22.2. The van der Waals surface area contributed by atoms with E-state index in [4.69, 9.17) is 5.41 Å². The second-order valence-corrected chi connectivity index (χ2v) is 10.7. The smallest absolute Gasteiger partial charge is 0.324 e. The molecule has 0 aliphatic heterocycles. The van der Waals surface area contributed by atoms with Gasteiger partial charge in [-0.3, -0.25) is 10.1 Å². The zero-order valence-electron chi connectivity index (χ0n) is 22.2. The maximum absolute atomic E-state index is 14.8. The molecule has 1 aromatic heterocycles. The van der Waals surface area contributed by atoms with Gasteiger partial charge in [-0.2, -0.15) is 0 Å². The highest BCUT2D eigenvalue weighted by molar-refractivity contribution is 5.98. The molecule has 1 saturated carbocycles. The fourth-order valence-electron chi connectivity index (χ4n) is 3.44. The Hall–Kier alpha value is -3.75. The van der Waals surface area contributed by atoms with Crippen LogP contribution in [-0.4, -0.2) is 28.7 Å². The maximum Gasteiger partial charge on any atom is 0.324 e. The number of nitrogens with zero attached hydrogens (tertiary/aromatic N) is 1. The van der Waals surface area contributed by atoms with Crippen LogP contribution in [0.2, 0.25) is 0 Å². The Morgan fingerprint density at radius 2 is 1.78 bits per heavy atom. The number of hydrogen-bond acceptors (Lipinski definition) is 5. The van der Waals surface area contributed by atoms with Gasteiger partial charge in [-0.05, 0) is 81.0 Å². The van der Waals surface area contributed by atoms with Gasteiger partial charge in [0.15, 0.2) is 0 Å². The highest BCUT2D eigenvalue weighted by atomic mass is 19.1. The van der Waals surface area contributed by atoms with E-state index < -0.39 is 11.8 Å². The fourth-order valence-corrected chi connectivity index (χ4v) is 3.44. The van der Waals surface area contributed by atoms with Gasteiger partial charge in [-0.15, -0.1) is 0 Å². The third kappa shape index (κ3) is 9.00. The van der Waals surface area contributed by atoms with Crippen molar-refractivity contribution in [3.63, 3.8) is 0 Å². The van der Waals surface area contributed by atoms with E-state index in [1.807, 2.05) is 46.8 Å². The van der Waals surface area contributed by atoms with Crippen LogP contribution < -0.4 is 21.3 Å². The van der Waals surface area contributed by atoms with Crippen LogP contribution >= 0.6 is 0 Å². The van der Waals surface area contributed by atoms with Crippen molar-refractivity contribution in [2.45, 2.75) is 66.3 Å². The molecule has 1 fully saturated rings. The Balaban J connectivity index is 1.58. The van der Waals surface area contributed by atoms with Gasteiger partial charge in [-0.1, -0.05) is 26.8 Å². The highest BCUT2D eigenvalue weighted by Crippen LogP contribution is 2.30. The van der Waals surface area contributed by atoms with Crippen LogP contribution in [0.15, 0.2) is 48.4 Å². The summed E-state index contributed by atoms with van der Waals surface area (Å²) in [5.41, 5.74) is 1.79. The Bertz CT molecular complexity index is 1180. The second kappa shape index (κ2) is 12.0. The topological polar surface area (TPSA) is 119 Å². The van der Waals surface area contributed by atoms with Gasteiger partial charge in [-0.25, -0.2) is 14.2 Å². The molecule has 198 valence electrons. The van der Waals surface area contributed by atoms with Crippen LogP contribution in [-0.2, 0) is 17.6 Å². The fraction of sp³-hybridized carbons (Fsp3) is 0.429. The standard InChI is InChI=1S/C28H37FN6O2/c1-17(2)32-25(16-23(30)28(3,4)5)35-27(37)33-22-11-8-18(14-21(22)29)6-7-19-12-13-31-24(15-19)34-26(36)20-9-10-20/h8,11-17,20,30,32H,6-7,9-10H2,1-5H3,(H,31,34,36)(H2,33,35,37)/b25-16+,30-23?. The molecule has 0 spiro atoms. The largest absolute Gasteiger partial charge is 0.369 e. The minimum atomic E-state index is -0.606. The van der Waals surface area contributed by atoms with E-state index in [1.54, 1.807) is 18.3 Å². The SMILES string of the molecule is CC(C)N/C(=C\C(=N)C(C)(C)C)NC(=O)Nc1ccc(CCc2ccnc(NC(=O)C3CC3)c2)cc1F. The van der Waals surface area contributed by atoms with Gasteiger partial charge in [0.05, 0.1) is 5.69 Å². The van der Waals surface area contributed by atoms with Crippen molar-refractivity contribution in [1.29, 1.82) is 5.41 Å². The molecule has 1 heterocycles. The first-order chi connectivity index (χ1) is 17.4. The average molecular weight is 509 g/mol. The van der Waals surface area contributed by atoms with Gasteiger partial charge >= 0.3 is 6.03 Å². The molecule has 3 amide bonds. The number of carbonyl (C=O) groups is 2. The number of nitrogens with one attached hydrogen (secondary N) is 5. The minimum Gasteiger partial charge on any atom is -0.369 e. The van der Waals surface area contributed by atoms with E-state index in [2.05, 4.69) is 26.3 Å². The van der Waals surface area contributed by atoms with Gasteiger partial charge in [0, 0.05) is 29.3 Å². The molecule has 0 unspecified atom stereocenters. The van der Waals surface area contributed by atoms with Gasteiger partial charge in [0.1, 0.15) is 17.5 Å². The predicted octanol–water partition coefficient (Wildman–Crippen LogP) is 5.38. The first-order valence-electron chi connectivity index (χ1n) is 12.6. The number of benzene rings is 1. The third-order valence-electron chi connectivity index (χ3n) is 5.80. The summed E-state index contributed by atoms with van der Waals surface area (Å²) in [6, 6.07) is 7.85. The monoisotopic (exact) mass is 508 g/mol. The number of amides is 3. The van der Waals surface area contributed by atoms with Gasteiger partial charge in [0.2, 0.25) is 5.91 Å². The van der Waals surface area contributed by atoms with E-state index in [0.717, 1.165) is 24.0 Å². The number of carbonyl (C=O) groups excluding carboxylic acids is 2. The number of pyridine rings is 1. The van der Waals surface area contributed by atoms with Crippen LogP contribution in [0.4, 0.5) is 20.7 Å². The normalized spacial score (nSPS) is 13.8. The average Bonchev–Trinajstić information content (AvgIpc) is 3.64. The molecule has 1 aliphatic carbocycles. The molecule has 5 N–H and O–H groups in total. The summed E-state index contributed by atoms with van der Waals surface area (Å²) in [6.07, 6.45) is 6.32. The van der Waals surface area contributed by atoms with Crippen LogP contribution in [0.25, 0.3) is 0 Å². The molecule has 0 radical (unpaired) electrons. The molecule has 8 nitrogen and oxygen atoms in total. The Kier molecular flexibility index (Phi) is 9.02. The number of aryl methyl sites for hydroxylation is 2. The lowest BCUT2D eigenvalue weighted by atomic mass is 9.90. The van der Waals surface area contributed by atoms with E-state index in [9.17, 15) is 14.0 Å². The van der Waals surface area contributed by atoms with Crippen molar-refractivity contribution >= 4 is 29.2 Å². The van der Waals surface area contributed by atoms with Crippen molar-refractivity contribution in [2.24, 2.45) is 11.3 Å². The summed E-state index contributed by atoms with van der Waals surface area (Å²) >= 11 is 0. The molecule has 1 aromatic carbocycles. The lowest BCUT2D eigenvalue weighted by Gasteiger charge is -2.21. The molecule has 37 heavy (non-hydrogen) atoms. The van der Waals surface area contributed by atoms with Crippen LogP contribution in [0.5, 0.6) is 0 Å². The quantitative estimate of drug-likeness (QED) is 0.277. The van der Waals surface area contributed by atoms with Crippen LogP contribution in [0.1, 0.15) is 58.6 Å². The Morgan fingerprint density at radius 1 is 1.11 bits per heavy atom. The molecule has 0 saturated heterocycles. The summed E-state index contributed by atoms with van der Waals surface area (Å²) in [5.74, 6) is 0.478. The van der Waals surface area contributed by atoms with Crippen molar-refractivity contribution in [2.75, 3.05) is 10.6 Å². The Labute approximate surface area is 218 Å². The molecular formula is C28H37FN6O2. The van der Waals surface area contributed by atoms with E-state index in [1.165, 1.54) is 12.1 Å². The first-order valence-corrected chi connectivity index (χ1v) is 12.6. The number of allylic oxidation sites excluding steroid dienone is 1. The summed E-state index contributed by atoms with van der Waals surface area (Å²) < 4.78 is 14.8. The second-order valence-electron chi connectivity index (χ2n) is 10.7. The number of anilines is 2. The molecule has 0 atom stereocenters. The van der Waals surface area contributed by atoms with Crippen molar-refractivity contribution in [3.8, 4) is 0 Å². The van der Waals surface area contributed by atoms with Crippen molar-refractivity contribution < 1.29 is 14.0 Å². The highest BCUT2D eigenvalue weighted by Gasteiger charge is 2.29. The number of halogens is 1. The van der Waals surface area contributed by atoms with Crippen LogP contribution in [0, 0.1) is 22.6 Å². The van der Waals surface area contributed by atoms with E-state index >= 15 is 0 Å². The summed E-state index contributed by atoms with van der Waals surface area (Å²) in [7, 11) is 0. The summed E-state index contributed by atoms with van der Waals surface area (Å²) in [4.78, 5) is 28.7. The zero-order chi connectivity index (χ0) is 27.2. The summed E-state index contributed by atoms with van der Waals surface area (Å²) in [5, 5.41) is 19.4. The molecular weight excluding hydrogens is 471 g/mol. The number of hydrogen-bond donors (Lipinski definition) is 5. The Morgan fingerprint density at radius 3 is 2.38 bits per heavy atom. The number of urea groups is 1. The van der Waals surface area contributed by atoms with Crippen molar-refractivity contribution in [3.05, 3.63) is 65.4 Å². The van der Waals surface area contributed by atoms with E-state index in [0.29, 0.717) is 30.2 Å². The molecule has 3 rings (SSSR count). The van der Waals surface area contributed by atoms with Crippen LogP contribution in [0.3, 0.4) is 0 Å². The molecule has 1 aliphatic rings. The van der Waals surface area contributed by atoms with Crippen molar-refractivity contribution in [1.82, 2.24) is 15.6 Å². The summed E-state index contributed by atoms with van der Waals surface area (Å²) in [6.45, 7) is 9.58. The minimum absolute atomic E-state index is 0.00825. The van der Waals surface area contributed by atoms with E-state index in [-0.39, 0.29) is 29.0 Å². The number of rotatable bonds is 10. The number of aromatic nitrogens is 1. The lowest BCUT2D eigenvalue weighted by molar-refractivity contribution is -0.117. The molecule has 0 bridgehead atoms.